The lowest BCUT2D eigenvalue weighted by molar-refractivity contribution is 0.344. The molecule has 0 amide bonds. The number of hydrogen-bond donors (Lipinski definition) is 1. The lowest BCUT2D eigenvalue weighted by Crippen LogP contribution is -2.33. The van der Waals surface area contributed by atoms with Crippen molar-refractivity contribution in [3.63, 3.8) is 0 Å². The van der Waals surface area contributed by atoms with Crippen molar-refractivity contribution in [2.75, 3.05) is 0 Å². The second kappa shape index (κ2) is 5.09. The predicted molar refractivity (Wildman–Crippen MR) is 78.3 cm³/mol. The Balaban J connectivity index is 1.83. The summed E-state index contributed by atoms with van der Waals surface area (Å²) in [6.07, 6.45) is 9.24. The number of hydrogen-bond acceptors (Lipinski definition) is 3. The van der Waals surface area contributed by atoms with Gasteiger partial charge in [-0.3, -0.25) is 5.32 Å². The smallest absolute Gasteiger partial charge is 0.133 e. The van der Waals surface area contributed by atoms with Gasteiger partial charge >= 0.3 is 0 Å². The third-order valence-electron chi connectivity index (χ3n) is 4.32. The van der Waals surface area contributed by atoms with Crippen LogP contribution in [0.15, 0.2) is 35.2 Å². The summed E-state index contributed by atoms with van der Waals surface area (Å²) in [7, 11) is 2.03. The molecule has 0 bridgehead atoms. The summed E-state index contributed by atoms with van der Waals surface area (Å²) in [5.41, 5.74) is 0.438. The van der Waals surface area contributed by atoms with E-state index in [0.717, 1.165) is 11.6 Å². The van der Waals surface area contributed by atoms with Crippen molar-refractivity contribution in [2.24, 2.45) is 12.5 Å². The Hall–Kier alpha value is -1.55. The third kappa shape index (κ3) is 2.66. The molecule has 1 saturated carbocycles. The lowest BCUT2D eigenvalue weighted by atomic mass is 9.92. The first kappa shape index (κ1) is 13.4. The summed E-state index contributed by atoms with van der Waals surface area (Å²) in [4.78, 5) is 4.49. The largest absolute Gasteiger partial charge is 0.467 e. The van der Waals surface area contributed by atoms with E-state index in [-0.39, 0.29) is 6.04 Å². The van der Waals surface area contributed by atoms with Gasteiger partial charge in [0.25, 0.3) is 0 Å². The van der Waals surface area contributed by atoms with E-state index < -0.39 is 0 Å². The molecule has 0 aliphatic heterocycles. The van der Waals surface area contributed by atoms with Crippen molar-refractivity contribution in [3.8, 4) is 0 Å². The average Bonchev–Trinajstić information content (AvgIpc) is 3.08. The average molecular weight is 273 g/mol. The summed E-state index contributed by atoms with van der Waals surface area (Å²) >= 11 is 0. The van der Waals surface area contributed by atoms with Crippen LogP contribution in [0.5, 0.6) is 0 Å². The maximum atomic E-state index is 5.62. The Morgan fingerprint density at radius 2 is 2.35 bits per heavy atom. The van der Waals surface area contributed by atoms with Crippen LogP contribution < -0.4 is 5.32 Å². The quantitative estimate of drug-likeness (QED) is 0.929. The molecule has 2 heterocycles. The van der Waals surface area contributed by atoms with Gasteiger partial charge in [-0.25, -0.2) is 4.98 Å². The fourth-order valence-corrected chi connectivity index (χ4v) is 3.21. The van der Waals surface area contributed by atoms with E-state index >= 15 is 0 Å². The number of aromatic nitrogens is 2. The molecule has 2 unspecified atom stereocenters. The summed E-state index contributed by atoms with van der Waals surface area (Å²) < 4.78 is 7.68. The van der Waals surface area contributed by atoms with E-state index in [4.69, 9.17) is 4.42 Å². The lowest BCUT2D eigenvalue weighted by Gasteiger charge is -2.23. The molecule has 4 heteroatoms. The zero-order valence-electron chi connectivity index (χ0n) is 12.5. The van der Waals surface area contributed by atoms with Crippen LogP contribution in [0.2, 0.25) is 0 Å². The Morgan fingerprint density at radius 1 is 1.50 bits per heavy atom. The summed E-state index contributed by atoms with van der Waals surface area (Å²) in [6.45, 7) is 4.69. The molecule has 0 radical (unpaired) electrons. The van der Waals surface area contributed by atoms with E-state index in [0.29, 0.717) is 11.5 Å². The maximum absolute atomic E-state index is 5.62. The molecule has 1 aliphatic rings. The number of nitrogens with zero attached hydrogens (tertiary/aromatic N) is 2. The van der Waals surface area contributed by atoms with Crippen molar-refractivity contribution in [2.45, 2.75) is 45.2 Å². The van der Waals surface area contributed by atoms with Crippen molar-refractivity contribution >= 4 is 0 Å². The van der Waals surface area contributed by atoms with Gasteiger partial charge in [0.15, 0.2) is 0 Å². The molecule has 20 heavy (non-hydrogen) atoms. The van der Waals surface area contributed by atoms with Gasteiger partial charge < -0.3 is 8.98 Å². The van der Waals surface area contributed by atoms with Gasteiger partial charge in [0, 0.05) is 25.5 Å². The minimum absolute atomic E-state index is 0.0314. The summed E-state index contributed by atoms with van der Waals surface area (Å²) in [6, 6.07) is 4.51. The minimum atomic E-state index is 0.0314. The molecule has 1 aliphatic carbocycles. The molecular weight excluding hydrogens is 250 g/mol. The summed E-state index contributed by atoms with van der Waals surface area (Å²) in [5, 5.41) is 3.74. The Morgan fingerprint density at radius 3 is 2.90 bits per heavy atom. The highest BCUT2D eigenvalue weighted by molar-refractivity contribution is 5.16. The molecule has 1 fully saturated rings. The number of aryl methyl sites for hydroxylation is 1. The van der Waals surface area contributed by atoms with E-state index in [9.17, 15) is 0 Å². The molecule has 2 aromatic rings. The van der Waals surface area contributed by atoms with E-state index in [1.54, 1.807) is 6.26 Å². The monoisotopic (exact) mass is 273 g/mol. The van der Waals surface area contributed by atoms with Gasteiger partial charge in [0.1, 0.15) is 17.6 Å². The number of furan rings is 1. The second-order valence-corrected chi connectivity index (χ2v) is 6.62. The normalized spacial score (nSPS) is 23.1. The minimum Gasteiger partial charge on any atom is -0.467 e. The topological polar surface area (TPSA) is 43.0 Å². The zero-order valence-corrected chi connectivity index (χ0v) is 12.5. The number of nitrogens with one attached hydrogen (secondary N) is 1. The molecule has 108 valence electrons. The summed E-state index contributed by atoms with van der Waals surface area (Å²) in [5.74, 6) is 1.94. The molecule has 4 nitrogen and oxygen atoms in total. The molecular formula is C16H23N3O. The van der Waals surface area contributed by atoms with Crippen molar-refractivity contribution in [1.82, 2.24) is 14.9 Å². The van der Waals surface area contributed by atoms with E-state index in [1.807, 2.05) is 31.6 Å². The van der Waals surface area contributed by atoms with Gasteiger partial charge in [-0.1, -0.05) is 13.8 Å². The Bertz CT molecular complexity index is 556. The second-order valence-electron chi connectivity index (χ2n) is 6.62. The molecule has 0 spiro atoms. The Kier molecular flexibility index (Phi) is 3.42. The fraction of sp³-hybridized carbons (Fsp3) is 0.562. The van der Waals surface area contributed by atoms with Crippen LogP contribution in [-0.4, -0.2) is 15.6 Å². The van der Waals surface area contributed by atoms with Crippen LogP contribution in [0.25, 0.3) is 0 Å². The molecule has 2 aromatic heterocycles. The molecule has 3 rings (SSSR count). The van der Waals surface area contributed by atoms with Crippen LogP contribution in [-0.2, 0) is 7.05 Å². The van der Waals surface area contributed by atoms with Gasteiger partial charge in [-0.2, -0.15) is 0 Å². The van der Waals surface area contributed by atoms with Gasteiger partial charge in [0.05, 0.1) is 6.26 Å². The number of imidazole rings is 1. The van der Waals surface area contributed by atoms with Crippen LogP contribution in [0.4, 0.5) is 0 Å². The van der Waals surface area contributed by atoms with E-state index in [2.05, 4.69) is 28.7 Å². The Labute approximate surface area is 120 Å². The van der Waals surface area contributed by atoms with Crippen molar-refractivity contribution in [3.05, 3.63) is 42.4 Å². The molecule has 1 N–H and O–H groups in total. The molecule has 2 atom stereocenters. The fourth-order valence-electron chi connectivity index (χ4n) is 3.21. The van der Waals surface area contributed by atoms with Crippen LogP contribution >= 0.6 is 0 Å². The predicted octanol–water partition coefficient (Wildman–Crippen LogP) is 3.27. The highest BCUT2D eigenvalue weighted by Crippen LogP contribution is 2.38. The highest BCUT2D eigenvalue weighted by atomic mass is 16.3. The van der Waals surface area contributed by atoms with Crippen LogP contribution in [0.3, 0.4) is 0 Å². The van der Waals surface area contributed by atoms with Gasteiger partial charge in [0.2, 0.25) is 0 Å². The van der Waals surface area contributed by atoms with Crippen molar-refractivity contribution in [1.29, 1.82) is 0 Å². The van der Waals surface area contributed by atoms with Crippen molar-refractivity contribution < 1.29 is 4.42 Å². The SMILES string of the molecule is Cn1ccnc1C(NC1CCC(C)(C)C1)c1ccco1. The first-order chi connectivity index (χ1) is 9.55. The maximum Gasteiger partial charge on any atom is 0.133 e. The highest BCUT2D eigenvalue weighted by Gasteiger charge is 2.33. The molecule has 0 saturated heterocycles. The van der Waals surface area contributed by atoms with Gasteiger partial charge in [-0.15, -0.1) is 0 Å². The number of rotatable bonds is 4. The van der Waals surface area contributed by atoms with Gasteiger partial charge in [-0.05, 0) is 36.8 Å². The first-order valence-corrected chi connectivity index (χ1v) is 7.32. The van der Waals surface area contributed by atoms with Crippen LogP contribution in [0.1, 0.15) is 50.7 Å². The first-order valence-electron chi connectivity index (χ1n) is 7.32. The van der Waals surface area contributed by atoms with E-state index in [1.165, 1.54) is 19.3 Å². The van der Waals surface area contributed by atoms with Crippen LogP contribution in [0, 0.1) is 5.41 Å². The molecule has 0 aromatic carbocycles. The standard InChI is InChI=1S/C16H23N3O/c1-16(2)7-6-12(11-16)18-14(13-5-4-10-20-13)15-17-8-9-19(15)3/h4-5,8-10,12,14,18H,6-7,11H2,1-3H3. The third-order valence-corrected chi connectivity index (χ3v) is 4.32. The zero-order chi connectivity index (χ0) is 14.2.